The molecule has 0 aliphatic carbocycles. The van der Waals surface area contributed by atoms with Gasteiger partial charge in [0.1, 0.15) is 6.04 Å². The number of hydrogen-bond acceptors (Lipinski definition) is 2. The van der Waals surface area contributed by atoms with Crippen molar-refractivity contribution in [1.82, 2.24) is 10.2 Å². The number of halogens is 1. The summed E-state index contributed by atoms with van der Waals surface area (Å²) in [4.78, 5) is 25.5. The number of carbonyl (C=O) groups excluding carboxylic acids is 2. The third-order valence-corrected chi connectivity index (χ3v) is 3.27. The first-order chi connectivity index (χ1) is 8.49. The van der Waals surface area contributed by atoms with E-state index in [0.29, 0.717) is 23.7 Å². The largest absolute Gasteiger partial charge is 0.353 e. The molecule has 1 unspecified atom stereocenters. The lowest BCUT2D eigenvalue weighted by Gasteiger charge is -2.32. The Morgan fingerprint density at radius 3 is 2.83 bits per heavy atom. The van der Waals surface area contributed by atoms with Crippen LogP contribution in [0.5, 0.6) is 0 Å². The van der Waals surface area contributed by atoms with Gasteiger partial charge >= 0.3 is 0 Å². The Morgan fingerprint density at radius 2 is 2.17 bits per heavy atom. The highest BCUT2D eigenvalue weighted by atomic mass is 35.5. The Balaban J connectivity index is 2.27. The third kappa shape index (κ3) is 2.48. The van der Waals surface area contributed by atoms with Gasteiger partial charge in [0.15, 0.2) is 0 Å². The number of rotatable bonds is 1. The van der Waals surface area contributed by atoms with Gasteiger partial charge in [-0.2, -0.15) is 0 Å². The Hall–Kier alpha value is -1.55. The molecule has 5 heteroatoms. The lowest BCUT2D eigenvalue weighted by molar-refractivity contribution is -0.127. The Labute approximate surface area is 111 Å². The smallest absolute Gasteiger partial charge is 0.254 e. The van der Waals surface area contributed by atoms with Crippen LogP contribution in [-0.4, -0.2) is 35.8 Å². The molecule has 1 N–H and O–H groups in total. The highest BCUT2D eigenvalue weighted by Gasteiger charge is 2.29. The van der Waals surface area contributed by atoms with Crippen molar-refractivity contribution in [1.29, 1.82) is 0 Å². The predicted molar refractivity (Wildman–Crippen MR) is 69.7 cm³/mol. The Morgan fingerprint density at radius 1 is 1.44 bits per heavy atom. The normalized spacial score (nSPS) is 19.6. The molecule has 0 aromatic heterocycles. The molecule has 2 amide bonds. The van der Waals surface area contributed by atoms with Crippen LogP contribution in [0.1, 0.15) is 22.8 Å². The number of nitrogens with one attached hydrogen (secondary N) is 1. The van der Waals surface area contributed by atoms with Gasteiger partial charge in [0, 0.05) is 23.7 Å². The Kier molecular flexibility index (Phi) is 3.57. The van der Waals surface area contributed by atoms with E-state index in [1.165, 1.54) is 0 Å². The van der Waals surface area contributed by atoms with Crippen LogP contribution in [0.2, 0.25) is 5.02 Å². The van der Waals surface area contributed by atoms with Crippen molar-refractivity contribution < 1.29 is 9.59 Å². The lowest BCUT2D eigenvalue weighted by Crippen LogP contribution is -2.55. The molecule has 1 saturated heterocycles. The molecule has 0 saturated carbocycles. The molecule has 0 spiro atoms. The van der Waals surface area contributed by atoms with Crippen molar-refractivity contribution >= 4 is 23.4 Å². The second-order valence-electron chi connectivity index (χ2n) is 4.48. The molecule has 1 atom stereocenters. The van der Waals surface area contributed by atoms with Crippen LogP contribution in [0.25, 0.3) is 0 Å². The number of hydrogen-bond donors (Lipinski definition) is 1. The maximum atomic E-state index is 12.3. The van der Waals surface area contributed by atoms with Gasteiger partial charge in [0.05, 0.1) is 0 Å². The topological polar surface area (TPSA) is 49.4 Å². The van der Waals surface area contributed by atoms with Crippen LogP contribution < -0.4 is 5.32 Å². The standard InChI is InChI=1S/C13H15ClN2O2/c1-8-5-10(7-11(14)6-8)13(18)16-4-3-15-12(17)9(16)2/h5-7,9H,3-4H2,1-2H3,(H,15,17). The number of nitrogens with zero attached hydrogens (tertiary/aromatic N) is 1. The van der Waals surface area contributed by atoms with E-state index >= 15 is 0 Å². The first kappa shape index (κ1) is 12.9. The van der Waals surface area contributed by atoms with Crippen molar-refractivity contribution in [3.63, 3.8) is 0 Å². The van der Waals surface area contributed by atoms with Crippen molar-refractivity contribution in [2.24, 2.45) is 0 Å². The average molecular weight is 267 g/mol. The fourth-order valence-corrected chi connectivity index (χ4v) is 2.38. The minimum atomic E-state index is -0.439. The van der Waals surface area contributed by atoms with E-state index in [-0.39, 0.29) is 11.8 Å². The summed E-state index contributed by atoms with van der Waals surface area (Å²) < 4.78 is 0. The van der Waals surface area contributed by atoms with E-state index in [1.54, 1.807) is 30.0 Å². The molecule has 1 heterocycles. The molecule has 0 radical (unpaired) electrons. The second kappa shape index (κ2) is 4.98. The van der Waals surface area contributed by atoms with E-state index in [4.69, 9.17) is 11.6 Å². The summed E-state index contributed by atoms with van der Waals surface area (Å²) in [6.45, 7) is 4.63. The summed E-state index contributed by atoms with van der Waals surface area (Å²) in [5.74, 6) is -0.267. The number of amides is 2. The monoisotopic (exact) mass is 266 g/mol. The van der Waals surface area contributed by atoms with Gasteiger partial charge in [-0.1, -0.05) is 11.6 Å². The summed E-state index contributed by atoms with van der Waals surface area (Å²) in [5, 5.41) is 3.27. The third-order valence-electron chi connectivity index (χ3n) is 3.05. The SMILES string of the molecule is Cc1cc(Cl)cc(C(=O)N2CCNC(=O)C2C)c1. The summed E-state index contributed by atoms with van der Waals surface area (Å²) in [6, 6.07) is 4.78. The van der Waals surface area contributed by atoms with Crippen molar-refractivity contribution in [3.05, 3.63) is 34.3 Å². The predicted octanol–water partition coefficient (Wildman–Crippen LogP) is 1.61. The molecule has 18 heavy (non-hydrogen) atoms. The number of carbonyl (C=O) groups is 2. The molecule has 1 aromatic carbocycles. The van der Waals surface area contributed by atoms with E-state index in [2.05, 4.69) is 5.32 Å². The highest BCUT2D eigenvalue weighted by molar-refractivity contribution is 6.31. The first-order valence-electron chi connectivity index (χ1n) is 5.85. The van der Waals surface area contributed by atoms with E-state index in [9.17, 15) is 9.59 Å². The van der Waals surface area contributed by atoms with E-state index in [1.807, 2.05) is 6.92 Å². The fraction of sp³-hybridized carbons (Fsp3) is 0.385. The van der Waals surface area contributed by atoms with E-state index < -0.39 is 6.04 Å². The van der Waals surface area contributed by atoms with Crippen LogP contribution in [-0.2, 0) is 4.79 Å². The first-order valence-corrected chi connectivity index (χ1v) is 6.22. The lowest BCUT2D eigenvalue weighted by atomic mass is 10.1. The van der Waals surface area contributed by atoms with Crippen LogP contribution in [0.3, 0.4) is 0 Å². The molecule has 1 aliphatic heterocycles. The van der Waals surface area contributed by atoms with Crippen molar-refractivity contribution in [3.8, 4) is 0 Å². The molecule has 1 aliphatic rings. The van der Waals surface area contributed by atoms with Crippen LogP contribution in [0.15, 0.2) is 18.2 Å². The van der Waals surface area contributed by atoms with Gasteiger partial charge in [-0.05, 0) is 37.6 Å². The van der Waals surface area contributed by atoms with E-state index in [0.717, 1.165) is 5.56 Å². The average Bonchev–Trinajstić information content (AvgIpc) is 2.30. The van der Waals surface area contributed by atoms with Gasteiger partial charge in [0.2, 0.25) is 5.91 Å². The molecule has 0 bridgehead atoms. The zero-order valence-electron chi connectivity index (χ0n) is 10.4. The molecule has 4 nitrogen and oxygen atoms in total. The summed E-state index contributed by atoms with van der Waals surface area (Å²) in [5.41, 5.74) is 1.46. The second-order valence-corrected chi connectivity index (χ2v) is 4.92. The number of aryl methyl sites for hydroxylation is 1. The number of benzene rings is 1. The van der Waals surface area contributed by atoms with Crippen molar-refractivity contribution in [2.45, 2.75) is 19.9 Å². The Bertz CT molecular complexity index is 482. The fourth-order valence-electron chi connectivity index (χ4n) is 2.09. The van der Waals surface area contributed by atoms with Gasteiger partial charge in [0.25, 0.3) is 5.91 Å². The van der Waals surface area contributed by atoms with Gasteiger partial charge in [-0.15, -0.1) is 0 Å². The maximum Gasteiger partial charge on any atom is 0.254 e. The molecule has 1 aromatic rings. The molecule has 2 rings (SSSR count). The molecule has 96 valence electrons. The summed E-state index contributed by atoms with van der Waals surface area (Å²) in [7, 11) is 0. The minimum Gasteiger partial charge on any atom is -0.353 e. The van der Waals surface area contributed by atoms with Gasteiger partial charge in [-0.3, -0.25) is 9.59 Å². The maximum absolute atomic E-state index is 12.3. The molecular weight excluding hydrogens is 252 g/mol. The van der Waals surface area contributed by atoms with Crippen LogP contribution >= 0.6 is 11.6 Å². The van der Waals surface area contributed by atoms with Gasteiger partial charge < -0.3 is 10.2 Å². The van der Waals surface area contributed by atoms with Crippen molar-refractivity contribution in [2.75, 3.05) is 13.1 Å². The highest BCUT2D eigenvalue weighted by Crippen LogP contribution is 2.18. The molecular formula is C13H15ClN2O2. The van der Waals surface area contributed by atoms with Crippen LogP contribution in [0.4, 0.5) is 0 Å². The quantitative estimate of drug-likeness (QED) is 0.840. The van der Waals surface area contributed by atoms with Gasteiger partial charge in [-0.25, -0.2) is 0 Å². The zero-order valence-corrected chi connectivity index (χ0v) is 11.1. The zero-order chi connectivity index (χ0) is 13.3. The summed E-state index contributed by atoms with van der Waals surface area (Å²) >= 11 is 5.95. The number of piperazine rings is 1. The molecule has 1 fully saturated rings. The van der Waals surface area contributed by atoms with Crippen LogP contribution in [0, 0.1) is 6.92 Å². The summed E-state index contributed by atoms with van der Waals surface area (Å²) in [6.07, 6.45) is 0. The minimum absolute atomic E-state index is 0.117.